The van der Waals surface area contributed by atoms with Gasteiger partial charge in [0.1, 0.15) is 4.32 Å². The summed E-state index contributed by atoms with van der Waals surface area (Å²) in [5, 5.41) is 8.57. The van der Waals surface area contributed by atoms with Gasteiger partial charge in [-0.3, -0.25) is 14.5 Å². The fourth-order valence-electron chi connectivity index (χ4n) is 1.47. The van der Waals surface area contributed by atoms with E-state index in [4.69, 9.17) is 17.3 Å². The summed E-state index contributed by atoms with van der Waals surface area (Å²) < 4.78 is 0.528. The Kier molecular flexibility index (Phi) is 5.81. The number of carboxylic acid groups (broad SMARTS) is 1. The lowest BCUT2D eigenvalue weighted by Crippen LogP contribution is -2.29. The van der Waals surface area contributed by atoms with Crippen LogP contribution >= 0.6 is 24.0 Å². The third-order valence-corrected chi connectivity index (χ3v) is 4.12. The molecule has 1 fully saturated rings. The highest BCUT2D eigenvalue weighted by molar-refractivity contribution is 8.26. The van der Waals surface area contributed by atoms with Gasteiger partial charge in [0.25, 0.3) is 5.91 Å². The number of nitrogens with zero attached hydrogens (tertiary/aromatic N) is 1. The summed E-state index contributed by atoms with van der Waals surface area (Å²) in [5.41, 5.74) is 0. The van der Waals surface area contributed by atoms with Crippen molar-refractivity contribution in [3.63, 3.8) is 0 Å². The van der Waals surface area contributed by atoms with Crippen LogP contribution in [0, 0.1) is 5.92 Å². The molecule has 1 amide bonds. The lowest BCUT2D eigenvalue weighted by Gasteiger charge is -2.13. The van der Waals surface area contributed by atoms with Crippen LogP contribution in [0.1, 0.15) is 33.1 Å². The maximum Gasteiger partial charge on any atom is 0.303 e. The molecule has 0 radical (unpaired) electrons. The highest BCUT2D eigenvalue weighted by Crippen LogP contribution is 2.32. The highest BCUT2D eigenvalue weighted by Gasteiger charge is 2.31. The van der Waals surface area contributed by atoms with Crippen LogP contribution < -0.4 is 0 Å². The molecule has 4 nitrogen and oxygen atoms in total. The maximum absolute atomic E-state index is 12.0. The van der Waals surface area contributed by atoms with Crippen LogP contribution in [0.15, 0.2) is 11.0 Å². The molecule has 100 valence electrons. The summed E-state index contributed by atoms with van der Waals surface area (Å²) in [7, 11) is 0. The Morgan fingerprint density at radius 3 is 2.83 bits per heavy atom. The summed E-state index contributed by atoms with van der Waals surface area (Å²) in [6.45, 7) is 4.50. The largest absolute Gasteiger partial charge is 0.481 e. The molecule has 0 aromatic carbocycles. The van der Waals surface area contributed by atoms with Gasteiger partial charge in [-0.1, -0.05) is 50.3 Å². The van der Waals surface area contributed by atoms with Gasteiger partial charge in [0, 0.05) is 13.0 Å². The molecular formula is C12H17NO3S2. The second kappa shape index (κ2) is 6.89. The lowest BCUT2D eigenvalue weighted by molar-refractivity contribution is -0.137. The fraction of sp³-hybridized carbons (Fsp3) is 0.583. The quantitative estimate of drug-likeness (QED) is 0.601. The van der Waals surface area contributed by atoms with Crippen LogP contribution in [0.3, 0.4) is 0 Å². The second-order valence-corrected chi connectivity index (χ2v) is 5.91. The van der Waals surface area contributed by atoms with E-state index in [-0.39, 0.29) is 12.3 Å². The van der Waals surface area contributed by atoms with Crippen molar-refractivity contribution in [2.24, 2.45) is 5.92 Å². The molecule has 0 aromatic heterocycles. The predicted octanol–water partition coefficient (Wildman–Crippen LogP) is 2.64. The first-order valence-corrected chi connectivity index (χ1v) is 7.15. The number of carboxylic acids is 1. The molecule has 1 heterocycles. The molecule has 1 aliphatic rings. The smallest absolute Gasteiger partial charge is 0.303 e. The molecule has 6 heteroatoms. The Morgan fingerprint density at radius 2 is 2.28 bits per heavy atom. The van der Waals surface area contributed by atoms with Crippen molar-refractivity contribution in [3.8, 4) is 0 Å². The molecule has 1 N–H and O–H groups in total. The standard InChI is InChI=1S/C12H17NO3S2/c1-3-8(2)7-9-11(16)13(12(17)18-9)6-4-5-10(14)15/h7-8H,3-6H2,1-2H3,(H,14,15)/b9-7-. The SMILES string of the molecule is CCC(C)/C=C1\SC(=S)N(CCCC(=O)O)C1=O. The molecule has 0 saturated carbocycles. The van der Waals surface area contributed by atoms with E-state index in [2.05, 4.69) is 13.8 Å². The van der Waals surface area contributed by atoms with Gasteiger partial charge in [0.05, 0.1) is 4.91 Å². The Hall–Kier alpha value is -0.880. The van der Waals surface area contributed by atoms with Gasteiger partial charge in [0.2, 0.25) is 0 Å². The molecule has 1 unspecified atom stereocenters. The average Bonchev–Trinajstić information content (AvgIpc) is 2.56. The van der Waals surface area contributed by atoms with E-state index in [0.717, 1.165) is 6.42 Å². The zero-order valence-electron chi connectivity index (χ0n) is 10.5. The van der Waals surface area contributed by atoms with E-state index in [1.54, 1.807) is 0 Å². The van der Waals surface area contributed by atoms with Crippen LogP contribution in [-0.2, 0) is 9.59 Å². The number of carbonyl (C=O) groups is 2. The number of rotatable bonds is 6. The van der Waals surface area contributed by atoms with Crippen molar-refractivity contribution in [3.05, 3.63) is 11.0 Å². The molecule has 1 rings (SSSR count). The van der Waals surface area contributed by atoms with Crippen molar-refractivity contribution in [2.75, 3.05) is 6.54 Å². The topological polar surface area (TPSA) is 57.6 Å². The van der Waals surface area contributed by atoms with Crippen LogP contribution in [0.2, 0.25) is 0 Å². The van der Waals surface area contributed by atoms with Gasteiger partial charge in [-0.25, -0.2) is 0 Å². The van der Waals surface area contributed by atoms with Gasteiger partial charge in [0.15, 0.2) is 0 Å². The van der Waals surface area contributed by atoms with Crippen LogP contribution in [-0.4, -0.2) is 32.7 Å². The van der Waals surface area contributed by atoms with Gasteiger partial charge in [-0.05, 0) is 12.3 Å². The molecule has 1 atom stereocenters. The van der Waals surface area contributed by atoms with Gasteiger partial charge in [-0.2, -0.15) is 0 Å². The maximum atomic E-state index is 12.0. The Bertz CT molecular complexity index is 393. The molecule has 18 heavy (non-hydrogen) atoms. The summed E-state index contributed by atoms with van der Waals surface area (Å²) in [6.07, 6.45) is 3.40. The zero-order chi connectivity index (χ0) is 13.7. The number of hydrogen-bond acceptors (Lipinski definition) is 4. The zero-order valence-corrected chi connectivity index (χ0v) is 12.1. The van der Waals surface area contributed by atoms with Crippen molar-refractivity contribution in [2.45, 2.75) is 33.1 Å². The van der Waals surface area contributed by atoms with E-state index in [0.29, 0.717) is 28.1 Å². The molecule has 0 aromatic rings. The molecule has 1 saturated heterocycles. The third kappa shape index (κ3) is 4.10. The van der Waals surface area contributed by atoms with E-state index in [1.165, 1.54) is 16.7 Å². The monoisotopic (exact) mass is 287 g/mol. The number of thioether (sulfide) groups is 1. The summed E-state index contributed by atoms with van der Waals surface area (Å²) in [6, 6.07) is 0. The van der Waals surface area contributed by atoms with E-state index < -0.39 is 5.97 Å². The first kappa shape index (κ1) is 15.2. The predicted molar refractivity (Wildman–Crippen MR) is 76.3 cm³/mol. The summed E-state index contributed by atoms with van der Waals surface area (Å²) >= 11 is 6.45. The molecular weight excluding hydrogens is 270 g/mol. The molecule has 0 aliphatic carbocycles. The Labute approximate surface area is 116 Å². The minimum Gasteiger partial charge on any atom is -0.481 e. The summed E-state index contributed by atoms with van der Waals surface area (Å²) in [5.74, 6) is -0.593. The van der Waals surface area contributed by atoms with E-state index in [1.807, 2.05) is 6.08 Å². The van der Waals surface area contributed by atoms with Crippen LogP contribution in [0.4, 0.5) is 0 Å². The summed E-state index contributed by atoms with van der Waals surface area (Å²) in [4.78, 5) is 24.6. The van der Waals surface area contributed by atoms with E-state index in [9.17, 15) is 9.59 Å². The second-order valence-electron chi connectivity index (χ2n) is 4.24. The minimum atomic E-state index is -0.851. The molecule has 0 bridgehead atoms. The minimum absolute atomic E-state index is 0.0570. The van der Waals surface area contributed by atoms with Gasteiger partial charge < -0.3 is 5.11 Å². The first-order valence-electron chi connectivity index (χ1n) is 5.93. The Morgan fingerprint density at radius 1 is 1.61 bits per heavy atom. The molecule has 0 spiro atoms. The number of allylic oxidation sites excluding steroid dienone is 1. The van der Waals surface area contributed by atoms with Crippen molar-refractivity contribution < 1.29 is 14.7 Å². The average molecular weight is 287 g/mol. The third-order valence-electron chi connectivity index (χ3n) is 2.73. The Balaban J connectivity index is 2.61. The highest BCUT2D eigenvalue weighted by atomic mass is 32.2. The lowest BCUT2D eigenvalue weighted by atomic mass is 10.1. The number of thiocarbonyl (C=S) groups is 1. The van der Waals surface area contributed by atoms with Crippen LogP contribution in [0.5, 0.6) is 0 Å². The number of hydrogen-bond donors (Lipinski definition) is 1. The number of amides is 1. The van der Waals surface area contributed by atoms with E-state index >= 15 is 0 Å². The first-order chi connectivity index (χ1) is 8.45. The van der Waals surface area contributed by atoms with Crippen LogP contribution in [0.25, 0.3) is 0 Å². The van der Waals surface area contributed by atoms with Gasteiger partial charge >= 0.3 is 5.97 Å². The van der Waals surface area contributed by atoms with Crippen molar-refractivity contribution in [1.29, 1.82) is 0 Å². The normalized spacial score (nSPS) is 19.7. The van der Waals surface area contributed by atoms with Crippen molar-refractivity contribution >= 4 is 40.2 Å². The number of carbonyl (C=O) groups excluding carboxylic acids is 1. The molecule has 1 aliphatic heterocycles. The fourth-order valence-corrected chi connectivity index (χ4v) is 2.89. The van der Waals surface area contributed by atoms with Crippen molar-refractivity contribution in [1.82, 2.24) is 4.90 Å². The van der Waals surface area contributed by atoms with Gasteiger partial charge in [-0.15, -0.1) is 0 Å². The number of aliphatic carboxylic acids is 1.